The SMILES string of the molecule is Nc1ncccc1-c1nc2ccc(-c3ccccc3)nc2n1-c1ccc(CN2CC[C@@]3(CCNC3)C2)cc1. The minimum absolute atomic E-state index is 0.452. The second kappa shape index (κ2) is 9.35. The van der Waals surface area contributed by atoms with E-state index in [2.05, 4.69) is 56.2 Å². The molecule has 2 saturated heterocycles. The van der Waals surface area contributed by atoms with E-state index in [1.54, 1.807) is 6.20 Å². The lowest BCUT2D eigenvalue weighted by Crippen LogP contribution is -2.28. The number of pyridine rings is 2. The molecule has 2 fully saturated rings. The number of aromatic nitrogens is 4. The van der Waals surface area contributed by atoms with Gasteiger partial charge in [0.2, 0.25) is 0 Å². The minimum Gasteiger partial charge on any atom is -0.383 e. The number of fused-ring (bicyclic) bond motifs is 1. The summed E-state index contributed by atoms with van der Waals surface area (Å²) in [5.41, 5.74) is 13.5. The maximum atomic E-state index is 6.31. The van der Waals surface area contributed by atoms with E-state index in [9.17, 15) is 0 Å². The van der Waals surface area contributed by atoms with Crippen LogP contribution in [0.5, 0.6) is 0 Å². The van der Waals surface area contributed by atoms with Crippen LogP contribution in [0.4, 0.5) is 5.82 Å². The van der Waals surface area contributed by atoms with Crippen molar-refractivity contribution in [2.45, 2.75) is 19.4 Å². The second-order valence-electron chi connectivity index (χ2n) is 10.7. The molecule has 1 atom stereocenters. The number of hydrogen-bond acceptors (Lipinski definition) is 6. The van der Waals surface area contributed by atoms with Crippen molar-refractivity contribution >= 4 is 17.0 Å². The van der Waals surface area contributed by atoms with Crippen LogP contribution in [0.25, 0.3) is 39.5 Å². The van der Waals surface area contributed by atoms with Gasteiger partial charge in [0, 0.05) is 37.1 Å². The summed E-state index contributed by atoms with van der Waals surface area (Å²) in [4.78, 5) is 17.0. The maximum Gasteiger partial charge on any atom is 0.165 e. The molecule has 38 heavy (non-hydrogen) atoms. The van der Waals surface area contributed by atoms with Gasteiger partial charge in [-0.1, -0.05) is 42.5 Å². The topological polar surface area (TPSA) is 84.9 Å². The molecular formula is C31H31N7. The molecule has 3 aromatic heterocycles. The Labute approximate surface area is 222 Å². The molecule has 5 aromatic rings. The first kappa shape index (κ1) is 23.1. The molecular weight excluding hydrogens is 470 g/mol. The molecule has 2 aliphatic heterocycles. The van der Waals surface area contributed by atoms with Gasteiger partial charge in [0.25, 0.3) is 0 Å². The van der Waals surface area contributed by atoms with Gasteiger partial charge >= 0.3 is 0 Å². The zero-order valence-electron chi connectivity index (χ0n) is 21.3. The van der Waals surface area contributed by atoms with Crippen molar-refractivity contribution in [2.75, 3.05) is 31.9 Å². The van der Waals surface area contributed by atoms with Crippen LogP contribution in [-0.4, -0.2) is 50.6 Å². The fraction of sp³-hybridized carbons (Fsp3) is 0.258. The molecule has 2 aromatic carbocycles. The number of nitrogen functional groups attached to an aromatic ring is 1. The Hall–Kier alpha value is -4.07. The number of likely N-dealkylation sites (tertiary alicyclic amines) is 1. The average Bonchev–Trinajstić information content (AvgIpc) is 3.68. The Morgan fingerprint density at radius 2 is 1.76 bits per heavy atom. The summed E-state index contributed by atoms with van der Waals surface area (Å²) < 4.78 is 2.11. The highest BCUT2D eigenvalue weighted by Gasteiger charge is 2.40. The lowest BCUT2D eigenvalue weighted by atomic mass is 9.86. The molecule has 1 spiro atoms. The standard InChI is InChI=1S/C31H31N7/c32-28-25(7-4-16-34-28)29-36-27-13-12-26(23-5-2-1-3-6-23)35-30(27)38(29)24-10-8-22(9-11-24)19-37-18-15-31(21-37)14-17-33-20-31/h1-13,16,33H,14-15,17-21H2,(H2,32,34)/t31-/m1/s1. The number of nitrogens with zero attached hydrogens (tertiary/aromatic N) is 5. The Morgan fingerprint density at radius 1 is 0.895 bits per heavy atom. The number of nitrogens with two attached hydrogens (primary N) is 1. The van der Waals surface area contributed by atoms with Gasteiger partial charge in [0.05, 0.1) is 11.3 Å². The van der Waals surface area contributed by atoms with Crippen molar-refractivity contribution in [2.24, 2.45) is 5.41 Å². The minimum atomic E-state index is 0.452. The van der Waals surface area contributed by atoms with Gasteiger partial charge in [0.1, 0.15) is 11.3 Å². The van der Waals surface area contributed by atoms with Gasteiger partial charge in [-0.25, -0.2) is 15.0 Å². The van der Waals surface area contributed by atoms with Crippen LogP contribution < -0.4 is 11.1 Å². The molecule has 0 saturated carbocycles. The predicted molar refractivity (Wildman–Crippen MR) is 152 cm³/mol. The summed E-state index contributed by atoms with van der Waals surface area (Å²) in [6.45, 7) is 5.65. The van der Waals surface area contributed by atoms with Crippen LogP contribution in [0.2, 0.25) is 0 Å². The Balaban J connectivity index is 1.27. The third-order valence-corrected chi connectivity index (χ3v) is 8.10. The first-order valence-electron chi connectivity index (χ1n) is 13.4. The van der Waals surface area contributed by atoms with E-state index in [4.69, 9.17) is 15.7 Å². The van der Waals surface area contributed by atoms with Gasteiger partial charge in [-0.3, -0.25) is 9.47 Å². The highest BCUT2D eigenvalue weighted by molar-refractivity contribution is 5.84. The summed E-state index contributed by atoms with van der Waals surface area (Å²) in [5, 5.41) is 3.56. The van der Waals surface area contributed by atoms with Gasteiger partial charge in [0.15, 0.2) is 11.5 Å². The summed E-state index contributed by atoms with van der Waals surface area (Å²) >= 11 is 0. The number of rotatable bonds is 5. The van der Waals surface area contributed by atoms with E-state index < -0.39 is 0 Å². The summed E-state index contributed by atoms with van der Waals surface area (Å²) in [6, 6.07) is 27.0. The van der Waals surface area contributed by atoms with Gasteiger partial charge in [-0.05, 0) is 73.3 Å². The van der Waals surface area contributed by atoms with Crippen LogP contribution >= 0.6 is 0 Å². The van der Waals surface area contributed by atoms with Crippen LogP contribution in [0.15, 0.2) is 85.1 Å². The number of anilines is 1. The van der Waals surface area contributed by atoms with Crippen molar-refractivity contribution in [3.05, 3.63) is 90.6 Å². The third kappa shape index (κ3) is 4.14. The van der Waals surface area contributed by atoms with Crippen molar-refractivity contribution in [3.8, 4) is 28.3 Å². The summed E-state index contributed by atoms with van der Waals surface area (Å²) in [7, 11) is 0. The molecule has 7 rings (SSSR count). The molecule has 0 amide bonds. The van der Waals surface area contributed by atoms with Crippen molar-refractivity contribution < 1.29 is 0 Å². The fourth-order valence-electron chi connectivity index (χ4n) is 6.07. The molecule has 0 unspecified atom stereocenters. The molecule has 2 aliphatic rings. The number of benzene rings is 2. The molecule has 5 heterocycles. The first-order chi connectivity index (χ1) is 18.7. The van der Waals surface area contributed by atoms with Crippen LogP contribution in [0.3, 0.4) is 0 Å². The quantitative estimate of drug-likeness (QED) is 0.356. The van der Waals surface area contributed by atoms with E-state index in [1.165, 1.54) is 31.5 Å². The molecule has 190 valence electrons. The molecule has 7 heteroatoms. The molecule has 7 nitrogen and oxygen atoms in total. The monoisotopic (exact) mass is 501 g/mol. The van der Waals surface area contributed by atoms with Crippen molar-refractivity contribution in [1.29, 1.82) is 0 Å². The number of hydrogen-bond donors (Lipinski definition) is 2. The number of nitrogens with one attached hydrogen (secondary N) is 1. The lowest BCUT2D eigenvalue weighted by Gasteiger charge is -2.23. The third-order valence-electron chi connectivity index (χ3n) is 8.10. The normalized spacial score (nSPS) is 19.6. The molecule has 0 radical (unpaired) electrons. The van der Waals surface area contributed by atoms with Gasteiger partial charge in [-0.2, -0.15) is 0 Å². The van der Waals surface area contributed by atoms with E-state index in [0.29, 0.717) is 11.2 Å². The Bertz CT molecular complexity index is 1580. The molecule has 0 bridgehead atoms. The second-order valence-corrected chi connectivity index (χ2v) is 10.7. The summed E-state index contributed by atoms with van der Waals surface area (Å²) in [6.07, 6.45) is 4.30. The smallest absolute Gasteiger partial charge is 0.165 e. The van der Waals surface area contributed by atoms with Gasteiger partial charge < -0.3 is 11.1 Å². The predicted octanol–water partition coefficient (Wildman–Crippen LogP) is 4.92. The van der Waals surface area contributed by atoms with E-state index in [1.807, 2.05) is 42.5 Å². The van der Waals surface area contributed by atoms with Crippen molar-refractivity contribution in [1.82, 2.24) is 29.7 Å². The highest BCUT2D eigenvalue weighted by atomic mass is 15.2. The highest BCUT2D eigenvalue weighted by Crippen LogP contribution is 2.37. The summed E-state index contributed by atoms with van der Waals surface area (Å²) in [5.74, 6) is 1.19. The van der Waals surface area contributed by atoms with E-state index in [-0.39, 0.29) is 0 Å². The van der Waals surface area contributed by atoms with E-state index >= 15 is 0 Å². The molecule has 0 aliphatic carbocycles. The fourth-order valence-corrected chi connectivity index (χ4v) is 6.07. The zero-order chi connectivity index (χ0) is 25.5. The van der Waals surface area contributed by atoms with Crippen LogP contribution in [0, 0.1) is 5.41 Å². The Morgan fingerprint density at radius 3 is 2.55 bits per heavy atom. The first-order valence-corrected chi connectivity index (χ1v) is 13.4. The van der Waals surface area contributed by atoms with Crippen LogP contribution in [-0.2, 0) is 6.54 Å². The van der Waals surface area contributed by atoms with E-state index in [0.717, 1.165) is 59.1 Å². The van der Waals surface area contributed by atoms with Crippen LogP contribution in [0.1, 0.15) is 18.4 Å². The Kier molecular flexibility index (Phi) is 5.68. The largest absolute Gasteiger partial charge is 0.383 e. The zero-order valence-corrected chi connectivity index (χ0v) is 21.3. The maximum absolute atomic E-state index is 6.31. The average molecular weight is 502 g/mol. The molecule has 3 N–H and O–H groups in total. The van der Waals surface area contributed by atoms with Crippen molar-refractivity contribution in [3.63, 3.8) is 0 Å². The number of imidazole rings is 1. The van der Waals surface area contributed by atoms with Gasteiger partial charge in [-0.15, -0.1) is 0 Å². The lowest BCUT2D eigenvalue weighted by molar-refractivity contribution is 0.268.